The van der Waals surface area contributed by atoms with Crippen LogP contribution >= 0.6 is 0 Å². The van der Waals surface area contributed by atoms with Crippen molar-refractivity contribution >= 4 is 18.1 Å². The monoisotopic (exact) mass is 308 g/mol. The second-order valence-electron chi connectivity index (χ2n) is 4.11. The molecule has 0 fully saturated rings. The Morgan fingerprint density at radius 2 is 1.64 bits per heavy atom. The first kappa shape index (κ1) is 17.2. The maximum Gasteiger partial charge on any atom is 0.513 e. The Bertz CT molecular complexity index is 533. The molecule has 0 amide bonds. The van der Waals surface area contributed by atoms with Gasteiger partial charge in [-0.3, -0.25) is 0 Å². The van der Waals surface area contributed by atoms with E-state index in [4.69, 9.17) is 19.3 Å². The van der Waals surface area contributed by atoms with Gasteiger partial charge in [-0.2, -0.15) is 0 Å². The molecule has 0 aliphatic carbocycles. The van der Waals surface area contributed by atoms with Crippen LogP contribution in [0.25, 0.3) is 0 Å². The van der Waals surface area contributed by atoms with Gasteiger partial charge in [-0.05, 0) is 37.1 Å². The maximum absolute atomic E-state index is 11.4. The number of carboxylic acids is 1. The van der Waals surface area contributed by atoms with E-state index in [1.54, 1.807) is 0 Å². The Balaban J connectivity index is 2.19. The van der Waals surface area contributed by atoms with E-state index in [1.807, 2.05) is 0 Å². The summed E-state index contributed by atoms with van der Waals surface area (Å²) in [5.74, 6) is -1.37. The molecule has 0 radical (unpaired) electrons. The van der Waals surface area contributed by atoms with Gasteiger partial charge in [0.15, 0.2) is 0 Å². The summed E-state index contributed by atoms with van der Waals surface area (Å²) in [4.78, 5) is 32.8. The van der Waals surface area contributed by atoms with Crippen LogP contribution in [0.2, 0.25) is 0 Å². The Labute approximate surface area is 127 Å². The normalized spacial score (nSPS) is 9.64. The van der Waals surface area contributed by atoms with Gasteiger partial charge in [0.2, 0.25) is 0 Å². The van der Waals surface area contributed by atoms with Crippen LogP contribution < -0.4 is 4.74 Å². The predicted octanol–water partition coefficient (Wildman–Crippen LogP) is 2.41. The number of benzene rings is 1. The lowest BCUT2D eigenvalue weighted by molar-refractivity contribution is -0.137. The van der Waals surface area contributed by atoms with Gasteiger partial charge in [0, 0.05) is 6.08 Å². The van der Waals surface area contributed by atoms with Crippen molar-refractivity contribution in [3.8, 4) is 5.75 Å². The van der Waals surface area contributed by atoms with E-state index < -0.39 is 18.1 Å². The molecule has 0 atom stereocenters. The second kappa shape index (κ2) is 9.17. The highest BCUT2D eigenvalue weighted by molar-refractivity contribution is 5.87. The summed E-state index contributed by atoms with van der Waals surface area (Å²) in [5.41, 5.74) is 0.0924. The molecule has 1 N–H and O–H groups in total. The minimum absolute atomic E-state index is 0.0924. The van der Waals surface area contributed by atoms with Crippen LogP contribution in [0, 0.1) is 0 Å². The third-order valence-electron chi connectivity index (χ3n) is 2.47. The standard InChI is InChI=1S/C15H16O7/c1-2-13(16)20-9-3-4-10-21-15(19)22-12-7-5-11(6-8-12)14(17)18/h2,5-8H,1,3-4,9-10H2,(H,17,18). The lowest BCUT2D eigenvalue weighted by atomic mass is 10.2. The minimum Gasteiger partial charge on any atom is -0.478 e. The third kappa shape index (κ3) is 6.56. The number of hydrogen-bond acceptors (Lipinski definition) is 6. The molecule has 0 spiro atoms. The third-order valence-corrected chi connectivity index (χ3v) is 2.47. The highest BCUT2D eigenvalue weighted by Crippen LogP contribution is 2.13. The lowest BCUT2D eigenvalue weighted by Crippen LogP contribution is -2.12. The van der Waals surface area contributed by atoms with Gasteiger partial charge in [-0.15, -0.1) is 0 Å². The molecule has 1 aromatic carbocycles. The number of unbranched alkanes of at least 4 members (excludes halogenated alkanes) is 1. The van der Waals surface area contributed by atoms with Crippen molar-refractivity contribution in [2.75, 3.05) is 13.2 Å². The first-order chi connectivity index (χ1) is 10.5. The average molecular weight is 308 g/mol. The van der Waals surface area contributed by atoms with Gasteiger partial charge in [-0.1, -0.05) is 6.58 Å². The molecule has 0 saturated heterocycles. The highest BCUT2D eigenvalue weighted by atomic mass is 16.7. The van der Waals surface area contributed by atoms with E-state index in [-0.39, 0.29) is 24.5 Å². The molecule has 7 nitrogen and oxygen atoms in total. The number of aromatic carboxylic acids is 1. The zero-order valence-electron chi connectivity index (χ0n) is 11.8. The Hall–Kier alpha value is -2.83. The zero-order chi connectivity index (χ0) is 16.4. The maximum atomic E-state index is 11.4. The molecule has 0 unspecified atom stereocenters. The van der Waals surface area contributed by atoms with Crippen LogP contribution in [0.4, 0.5) is 4.79 Å². The molecule has 118 valence electrons. The van der Waals surface area contributed by atoms with Crippen molar-refractivity contribution in [3.63, 3.8) is 0 Å². The number of carboxylic acid groups (broad SMARTS) is 1. The summed E-state index contributed by atoms with van der Waals surface area (Å²) in [6, 6.07) is 5.36. The molecular weight excluding hydrogens is 292 g/mol. The number of rotatable bonds is 8. The van der Waals surface area contributed by atoms with E-state index in [2.05, 4.69) is 6.58 Å². The molecule has 0 aromatic heterocycles. The van der Waals surface area contributed by atoms with Gasteiger partial charge < -0.3 is 19.3 Å². The molecule has 0 saturated carbocycles. The number of carbonyl (C=O) groups excluding carboxylic acids is 2. The molecule has 1 aromatic rings. The number of carbonyl (C=O) groups is 3. The fraction of sp³-hybridized carbons (Fsp3) is 0.267. The topological polar surface area (TPSA) is 99.1 Å². The van der Waals surface area contributed by atoms with Crippen LogP contribution in [-0.2, 0) is 14.3 Å². The molecule has 0 heterocycles. The van der Waals surface area contributed by atoms with Gasteiger partial charge in [0.25, 0.3) is 0 Å². The van der Waals surface area contributed by atoms with Crippen molar-refractivity contribution in [2.24, 2.45) is 0 Å². The van der Waals surface area contributed by atoms with Gasteiger partial charge in [0.05, 0.1) is 18.8 Å². The highest BCUT2D eigenvalue weighted by Gasteiger charge is 2.07. The summed E-state index contributed by atoms with van der Waals surface area (Å²) in [7, 11) is 0. The van der Waals surface area contributed by atoms with Crippen LogP contribution in [-0.4, -0.2) is 36.4 Å². The molecule has 1 rings (SSSR count). The van der Waals surface area contributed by atoms with Gasteiger partial charge in [0.1, 0.15) is 5.75 Å². The smallest absolute Gasteiger partial charge is 0.478 e. The van der Waals surface area contributed by atoms with Crippen molar-refractivity contribution in [2.45, 2.75) is 12.8 Å². The molecule has 0 bridgehead atoms. The quantitative estimate of drug-likeness (QED) is 0.341. The fourth-order valence-electron chi connectivity index (χ4n) is 1.38. The summed E-state index contributed by atoms with van der Waals surface area (Å²) in [5, 5.41) is 8.73. The largest absolute Gasteiger partial charge is 0.513 e. The number of hydrogen-bond donors (Lipinski definition) is 1. The van der Waals surface area contributed by atoms with Crippen LogP contribution in [0.3, 0.4) is 0 Å². The minimum atomic E-state index is -1.06. The van der Waals surface area contributed by atoms with Crippen molar-refractivity contribution < 1.29 is 33.7 Å². The van der Waals surface area contributed by atoms with E-state index in [0.29, 0.717) is 12.8 Å². The summed E-state index contributed by atoms with van der Waals surface area (Å²) in [6.07, 6.45) is 1.24. The SMILES string of the molecule is C=CC(=O)OCCCCOC(=O)Oc1ccc(C(=O)O)cc1. The first-order valence-corrected chi connectivity index (χ1v) is 6.50. The molecule has 7 heteroatoms. The summed E-state index contributed by atoms with van der Waals surface area (Å²) in [6.45, 7) is 3.61. The lowest BCUT2D eigenvalue weighted by Gasteiger charge is -2.06. The van der Waals surface area contributed by atoms with Crippen LogP contribution in [0.5, 0.6) is 5.75 Å². The zero-order valence-corrected chi connectivity index (χ0v) is 11.8. The Kier molecular flexibility index (Phi) is 7.18. The Morgan fingerprint density at radius 1 is 1.05 bits per heavy atom. The molecular formula is C15H16O7. The molecule has 22 heavy (non-hydrogen) atoms. The van der Waals surface area contributed by atoms with Gasteiger partial charge in [-0.25, -0.2) is 14.4 Å². The van der Waals surface area contributed by atoms with Crippen LogP contribution in [0.1, 0.15) is 23.2 Å². The first-order valence-electron chi connectivity index (χ1n) is 6.50. The number of esters is 1. The van der Waals surface area contributed by atoms with E-state index in [9.17, 15) is 14.4 Å². The summed E-state index contributed by atoms with van der Waals surface area (Å²) < 4.78 is 14.4. The second-order valence-corrected chi connectivity index (χ2v) is 4.11. The molecule has 0 aliphatic heterocycles. The van der Waals surface area contributed by atoms with E-state index in [1.165, 1.54) is 24.3 Å². The number of ether oxygens (including phenoxy) is 3. The molecule has 0 aliphatic rings. The average Bonchev–Trinajstić information content (AvgIpc) is 2.50. The fourth-order valence-corrected chi connectivity index (χ4v) is 1.38. The van der Waals surface area contributed by atoms with Crippen molar-refractivity contribution in [1.82, 2.24) is 0 Å². The summed E-state index contributed by atoms with van der Waals surface area (Å²) >= 11 is 0. The van der Waals surface area contributed by atoms with Crippen molar-refractivity contribution in [1.29, 1.82) is 0 Å². The van der Waals surface area contributed by atoms with E-state index >= 15 is 0 Å². The predicted molar refractivity (Wildman–Crippen MR) is 75.8 cm³/mol. The van der Waals surface area contributed by atoms with E-state index in [0.717, 1.165) is 6.08 Å². The Morgan fingerprint density at radius 3 is 2.18 bits per heavy atom. The van der Waals surface area contributed by atoms with Crippen molar-refractivity contribution in [3.05, 3.63) is 42.5 Å². The van der Waals surface area contributed by atoms with Crippen LogP contribution in [0.15, 0.2) is 36.9 Å². The van der Waals surface area contributed by atoms with Gasteiger partial charge >= 0.3 is 18.1 Å².